The van der Waals surface area contributed by atoms with Crippen molar-refractivity contribution in [2.45, 2.75) is 0 Å². The lowest BCUT2D eigenvalue weighted by atomic mass is 10.2. The molecule has 0 saturated carbocycles. The van der Waals surface area contributed by atoms with E-state index in [4.69, 9.17) is 0 Å². The zero-order chi connectivity index (χ0) is 5.40. The lowest BCUT2D eigenvalue weighted by Crippen LogP contribution is -3.35. The van der Waals surface area contributed by atoms with E-state index in [9.17, 15) is 0 Å². The topological polar surface area (TPSA) is 71.9 Å². The molecule has 0 unspecified atom stereocenters. The van der Waals surface area contributed by atoms with Gasteiger partial charge in [-0.25, -0.2) is 0 Å². The Morgan fingerprint density at radius 2 is 0.667 bits per heavy atom. The van der Waals surface area contributed by atoms with Gasteiger partial charge >= 0.3 is 0 Å². The second kappa shape index (κ2) is 8.04. The van der Waals surface area contributed by atoms with Gasteiger partial charge in [-0.1, -0.05) is 0 Å². The fourth-order valence-electron chi connectivity index (χ4n) is 1.81. The monoisotopic (exact) mass is 220 g/mol. The molecule has 3 heterocycles. The van der Waals surface area contributed by atoms with Gasteiger partial charge in [0.25, 0.3) is 0 Å². The van der Waals surface area contributed by atoms with Crippen molar-refractivity contribution >= 4 is 0 Å². The molecule has 6 heteroatoms. The van der Waals surface area contributed by atoms with Crippen molar-refractivity contribution in [2.75, 3.05) is 39.3 Å². The van der Waals surface area contributed by atoms with Crippen LogP contribution in [0, 0.1) is 0 Å². The van der Waals surface area contributed by atoms with E-state index in [-0.39, 0.29) is 35.8 Å². The Morgan fingerprint density at radius 1 is 0.500 bits per heavy atom. The Balaban J connectivity index is -0.000000202. The average molecular weight is 221 g/mol. The third kappa shape index (κ3) is 3.89. The molecule has 0 amide bonds. The highest BCUT2D eigenvalue weighted by Gasteiger charge is 2.29. The van der Waals surface area contributed by atoms with Crippen LogP contribution in [0.2, 0.25) is 0 Å². The van der Waals surface area contributed by atoms with E-state index in [1.54, 1.807) is 0 Å². The zero-order valence-corrected chi connectivity index (χ0v) is 8.51. The van der Waals surface area contributed by atoms with Crippen LogP contribution in [-0.4, -0.2) is 50.2 Å². The number of hydrogen-bond donors (Lipinski definition) is 2. The second-order valence-corrected chi connectivity index (χ2v) is 3.00. The summed E-state index contributed by atoms with van der Waals surface area (Å²) in [7, 11) is 0. The van der Waals surface area contributed by atoms with Crippen LogP contribution in [0.3, 0.4) is 0 Å². The van der Waals surface area contributed by atoms with Crippen LogP contribution in [0.25, 0.3) is 0 Å². The molecule has 0 aromatic rings. The van der Waals surface area contributed by atoms with Crippen molar-refractivity contribution in [3.63, 3.8) is 0 Å². The summed E-state index contributed by atoms with van der Waals surface area (Å²) in [5, 5.41) is 0. The number of fused-ring (bicyclic) bond motifs is 3. The number of hydrogen-bond acceptors (Lipinski definition) is 0. The van der Waals surface area contributed by atoms with Crippen LogP contribution in [-0.2, 0) is 0 Å². The van der Waals surface area contributed by atoms with Gasteiger partial charge in [0.1, 0.15) is 39.3 Å². The minimum absolute atomic E-state index is 0. The van der Waals surface area contributed by atoms with Gasteiger partial charge < -0.3 is 45.6 Å². The molecule has 0 atom stereocenters. The predicted molar refractivity (Wildman–Crippen MR) is 38.4 cm³/mol. The van der Waals surface area contributed by atoms with Gasteiger partial charge in [0.15, 0.2) is 0 Å². The summed E-state index contributed by atoms with van der Waals surface area (Å²) in [6, 6.07) is 0. The Morgan fingerprint density at radius 3 is 0.750 bits per heavy atom. The molecular formula is C6H18Cl2N2O2. The van der Waals surface area contributed by atoms with Crippen LogP contribution < -0.4 is 34.6 Å². The summed E-state index contributed by atoms with van der Waals surface area (Å²) in [5.41, 5.74) is 0. The van der Waals surface area contributed by atoms with Gasteiger partial charge in [-0.15, -0.1) is 0 Å². The summed E-state index contributed by atoms with van der Waals surface area (Å²) >= 11 is 0. The fourth-order valence-corrected chi connectivity index (χ4v) is 1.81. The molecule has 0 spiro atoms. The maximum atomic E-state index is 1.85. The Labute approximate surface area is 85.3 Å². The maximum absolute atomic E-state index is 1.85. The van der Waals surface area contributed by atoms with Crippen LogP contribution in [0.15, 0.2) is 0 Å². The lowest BCUT2D eigenvalue weighted by molar-refractivity contribution is -1.06. The van der Waals surface area contributed by atoms with E-state index in [0.717, 1.165) is 0 Å². The summed E-state index contributed by atoms with van der Waals surface area (Å²) < 4.78 is 0. The molecule has 6 N–H and O–H groups in total. The summed E-state index contributed by atoms with van der Waals surface area (Å²) in [6.45, 7) is 8.64. The molecular weight excluding hydrogens is 203 g/mol. The molecule has 3 fully saturated rings. The highest BCUT2D eigenvalue weighted by molar-refractivity contribution is 4.43. The van der Waals surface area contributed by atoms with Gasteiger partial charge in [-0.2, -0.15) is 0 Å². The molecule has 3 saturated heterocycles. The smallest absolute Gasteiger partial charge is 0.127 e. The van der Waals surface area contributed by atoms with Gasteiger partial charge in [0, 0.05) is 0 Å². The first kappa shape index (κ1) is 18.3. The van der Waals surface area contributed by atoms with Crippen LogP contribution in [0.5, 0.6) is 0 Å². The van der Waals surface area contributed by atoms with E-state index < -0.39 is 0 Å². The first-order chi connectivity index (χ1) is 3.95. The largest absolute Gasteiger partial charge is 1.00 e. The molecule has 3 rings (SSSR count). The predicted octanol–water partition coefficient (Wildman–Crippen LogP) is -10.9. The molecule has 2 bridgehead atoms. The molecule has 0 aromatic heterocycles. The number of nitrogens with one attached hydrogen (secondary N) is 2. The average Bonchev–Trinajstić information content (AvgIpc) is 1.92. The van der Waals surface area contributed by atoms with Crippen LogP contribution in [0.4, 0.5) is 0 Å². The molecule has 0 aromatic carbocycles. The number of piperazine rings is 3. The Bertz CT molecular complexity index is 76.5. The fraction of sp³-hybridized carbons (Fsp3) is 1.00. The third-order valence-electron chi connectivity index (χ3n) is 2.50. The van der Waals surface area contributed by atoms with Crippen molar-refractivity contribution in [1.82, 2.24) is 0 Å². The van der Waals surface area contributed by atoms with E-state index in [1.165, 1.54) is 39.3 Å². The first-order valence-electron chi connectivity index (χ1n) is 3.62. The maximum Gasteiger partial charge on any atom is 0.127 e. The summed E-state index contributed by atoms with van der Waals surface area (Å²) in [5.74, 6) is 0. The van der Waals surface area contributed by atoms with Gasteiger partial charge in [-0.05, 0) is 0 Å². The van der Waals surface area contributed by atoms with Crippen molar-refractivity contribution in [1.29, 1.82) is 0 Å². The van der Waals surface area contributed by atoms with Crippen molar-refractivity contribution in [3.05, 3.63) is 0 Å². The van der Waals surface area contributed by atoms with Gasteiger partial charge in [0.05, 0.1) is 0 Å². The van der Waals surface area contributed by atoms with Crippen LogP contribution in [0.1, 0.15) is 0 Å². The van der Waals surface area contributed by atoms with Gasteiger partial charge in [-0.3, -0.25) is 0 Å². The molecule has 12 heavy (non-hydrogen) atoms. The number of rotatable bonds is 0. The standard InChI is InChI=1S/C6H12N2.2ClH.2H2O/c1-2-8-5-3-7(1)4-6-8;;;;/h1-6H2;2*1H;2*1H2. The first-order valence-corrected chi connectivity index (χ1v) is 3.62. The molecule has 78 valence electrons. The summed E-state index contributed by atoms with van der Waals surface area (Å²) in [6.07, 6.45) is 0. The minimum Gasteiger partial charge on any atom is -1.00 e. The summed E-state index contributed by atoms with van der Waals surface area (Å²) in [4.78, 5) is 3.69. The van der Waals surface area contributed by atoms with E-state index in [0.29, 0.717) is 0 Å². The third-order valence-corrected chi connectivity index (χ3v) is 2.50. The van der Waals surface area contributed by atoms with Gasteiger partial charge in [0.2, 0.25) is 0 Å². The second-order valence-electron chi connectivity index (χ2n) is 3.00. The molecule has 3 aliphatic heterocycles. The normalized spacial score (nSPS) is 30.0. The molecule has 0 aliphatic carbocycles. The van der Waals surface area contributed by atoms with E-state index in [2.05, 4.69) is 0 Å². The molecule has 3 aliphatic rings. The lowest BCUT2D eigenvalue weighted by Gasteiger charge is -2.35. The van der Waals surface area contributed by atoms with Crippen molar-refractivity contribution < 1.29 is 45.6 Å². The Kier molecular flexibility index (Phi) is 12.2. The van der Waals surface area contributed by atoms with E-state index >= 15 is 0 Å². The Hall–Kier alpha value is 0.420. The quantitative estimate of drug-likeness (QED) is 0.408. The zero-order valence-electron chi connectivity index (χ0n) is 7.00. The number of quaternary nitrogens is 2. The minimum atomic E-state index is 0. The SMILES string of the molecule is C1C[NH+]2CC[NH+]1CC2.O.O.[Cl-].[Cl-]. The molecule has 0 radical (unpaired) electrons. The molecule has 4 nitrogen and oxygen atoms in total. The van der Waals surface area contributed by atoms with Crippen molar-refractivity contribution in [2.24, 2.45) is 0 Å². The number of halogens is 2. The highest BCUT2D eigenvalue weighted by atomic mass is 35.5. The highest BCUT2D eigenvalue weighted by Crippen LogP contribution is 1.64. The van der Waals surface area contributed by atoms with Crippen molar-refractivity contribution in [3.8, 4) is 0 Å². The van der Waals surface area contributed by atoms with E-state index in [1.807, 2.05) is 9.80 Å². The van der Waals surface area contributed by atoms with Crippen LogP contribution >= 0.6 is 0 Å².